The fourth-order valence-corrected chi connectivity index (χ4v) is 4.24. The van der Waals surface area contributed by atoms with Crippen LogP contribution in [0.3, 0.4) is 0 Å². The van der Waals surface area contributed by atoms with Gasteiger partial charge in [-0.2, -0.15) is 0 Å². The van der Waals surface area contributed by atoms with Gasteiger partial charge in [-0.05, 0) is 31.4 Å². The summed E-state index contributed by atoms with van der Waals surface area (Å²) in [5.74, 6) is 1.08. The summed E-state index contributed by atoms with van der Waals surface area (Å²) < 4.78 is 5.53. The van der Waals surface area contributed by atoms with Gasteiger partial charge in [0.2, 0.25) is 5.91 Å². The van der Waals surface area contributed by atoms with Gasteiger partial charge in [0, 0.05) is 50.7 Å². The molecule has 0 radical (unpaired) electrons. The minimum absolute atomic E-state index is 0.111. The summed E-state index contributed by atoms with van der Waals surface area (Å²) in [6.07, 6.45) is 2.59. The number of carbonyl (C=O) groups excluding carboxylic acids is 1. The lowest BCUT2D eigenvalue weighted by Crippen LogP contribution is -2.42. The largest absolute Gasteiger partial charge is 0.379 e. The Morgan fingerprint density at radius 2 is 2.03 bits per heavy atom. The third-order valence-corrected chi connectivity index (χ3v) is 5.93. The van der Waals surface area contributed by atoms with Crippen LogP contribution < -0.4 is 10.6 Å². The molecule has 1 amide bonds. The van der Waals surface area contributed by atoms with Crippen molar-refractivity contribution in [3.05, 3.63) is 34.9 Å². The molecule has 3 rings (SSSR count). The van der Waals surface area contributed by atoms with Crippen molar-refractivity contribution < 1.29 is 9.53 Å². The van der Waals surface area contributed by atoms with E-state index in [1.807, 2.05) is 23.1 Å². The highest BCUT2D eigenvalue weighted by atomic mass is 35.5. The first-order valence-corrected chi connectivity index (χ1v) is 11.4. The highest BCUT2D eigenvalue weighted by Crippen LogP contribution is 2.28. The lowest BCUT2D eigenvalue weighted by atomic mass is 10.0. The molecule has 1 aromatic rings. The second kappa shape index (κ2) is 12.1. The predicted octanol–water partition coefficient (Wildman–Crippen LogP) is 2.28. The number of aliphatic imine (C=N–C) groups is 1. The van der Waals surface area contributed by atoms with Gasteiger partial charge in [-0.25, -0.2) is 0 Å². The number of likely N-dealkylation sites (tertiary alicyclic amines) is 1. The first-order valence-electron chi connectivity index (χ1n) is 11.0. The van der Waals surface area contributed by atoms with Crippen LogP contribution in [-0.4, -0.2) is 80.7 Å². The number of nitrogens with one attached hydrogen (secondary N) is 2. The molecule has 0 aromatic heterocycles. The molecule has 166 valence electrons. The topological polar surface area (TPSA) is 69.2 Å². The van der Waals surface area contributed by atoms with E-state index in [-0.39, 0.29) is 11.9 Å². The van der Waals surface area contributed by atoms with Crippen LogP contribution >= 0.6 is 11.6 Å². The number of carbonyl (C=O) groups is 1. The van der Waals surface area contributed by atoms with Crippen molar-refractivity contribution in [2.24, 2.45) is 4.99 Å². The van der Waals surface area contributed by atoms with E-state index in [2.05, 4.69) is 28.5 Å². The number of hydrogen-bond acceptors (Lipinski definition) is 4. The van der Waals surface area contributed by atoms with Crippen LogP contribution in [-0.2, 0) is 9.53 Å². The van der Waals surface area contributed by atoms with Crippen molar-refractivity contribution in [2.75, 3.05) is 59.0 Å². The quantitative estimate of drug-likeness (QED) is 0.354. The van der Waals surface area contributed by atoms with Gasteiger partial charge in [0.15, 0.2) is 5.96 Å². The molecule has 30 heavy (non-hydrogen) atoms. The number of rotatable bonds is 9. The number of nitrogens with zero attached hydrogens (tertiary/aromatic N) is 3. The molecule has 2 saturated heterocycles. The van der Waals surface area contributed by atoms with Gasteiger partial charge in [0.05, 0.1) is 25.8 Å². The van der Waals surface area contributed by atoms with E-state index < -0.39 is 0 Å². The van der Waals surface area contributed by atoms with Crippen LogP contribution in [0.5, 0.6) is 0 Å². The van der Waals surface area contributed by atoms with Crippen LogP contribution in [0.1, 0.15) is 37.8 Å². The summed E-state index contributed by atoms with van der Waals surface area (Å²) in [6, 6.07) is 8.13. The Kier molecular flexibility index (Phi) is 9.24. The molecule has 0 bridgehead atoms. The number of benzene rings is 1. The molecule has 2 aliphatic rings. The highest BCUT2D eigenvalue weighted by molar-refractivity contribution is 6.31. The predicted molar refractivity (Wildman–Crippen MR) is 121 cm³/mol. The van der Waals surface area contributed by atoms with Crippen molar-refractivity contribution in [2.45, 2.75) is 32.2 Å². The zero-order valence-corrected chi connectivity index (χ0v) is 18.7. The van der Waals surface area contributed by atoms with E-state index in [1.165, 1.54) is 0 Å². The number of hydrogen-bond donors (Lipinski definition) is 2. The summed E-state index contributed by atoms with van der Waals surface area (Å²) >= 11 is 6.52. The second-order valence-corrected chi connectivity index (χ2v) is 8.08. The Hall–Kier alpha value is -1.83. The fraction of sp³-hybridized carbons (Fsp3) is 0.636. The molecule has 1 aromatic carbocycles. The molecule has 8 heteroatoms. The first-order chi connectivity index (χ1) is 14.7. The molecule has 0 aliphatic carbocycles. The summed E-state index contributed by atoms with van der Waals surface area (Å²) in [7, 11) is 0. The molecular formula is C22H34ClN5O2. The third-order valence-electron chi connectivity index (χ3n) is 5.59. The van der Waals surface area contributed by atoms with Gasteiger partial charge in [-0.3, -0.25) is 14.7 Å². The molecule has 2 heterocycles. The molecule has 2 aliphatic heterocycles. The van der Waals surface area contributed by atoms with Crippen LogP contribution in [0.4, 0.5) is 0 Å². The van der Waals surface area contributed by atoms with Gasteiger partial charge < -0.3 is 20.3 Å². The van der Waals surface area contributed by atoms with Crippen molar-refractivity contribution in [1.82, 2.24) is 20.4 Å². The first kappa shape index (κ1) is 22.8. The normalized spacial score (nSPS) is 19.2. The number of morpholine rings is 1. The van der Waals surface area contributed by atoms with Gasteiger partial charge >= 0.3 is 0 Å². The number of halogens is 1. The Morgan fingerprint density at radius 1 is 1.23 bits per heavy atom. The second-order valence-electron chi connectivity index (χ2n) is 7.67. The van der Waals surface area contributed by atoms with Crippen LogP contribution in [0, 0.1) is 0 Å². The zero-order valence-electron chi connectivity index (χ0n) is 17.9. The van der Waals surface area contributed by atoms with Gasteiger partial charge in [0.25, 0.3) is 0 Å². The maximum absolute atomic E-state index is 11.7. The third kappa shape index (κ3) is 6.59. The average molecular weight is 436 g/mol. The molecule has 1 unspecified atom stereocenters. The molecular weight excluding hydrogens is 402 g/mol. The maximum Gasteiger partial charge on any atom is 0.222 e. The minimum atomic E-state index is 0.111. The van der Waals surface area contributed by atoms with Crippen molar-refractivity contribution in [1.29, 1.82) is 0 Å². The Bertz CT molecular complexity index is 709. The van der Waals surface area contributed by atoms with Gasteiger partial charge in [-0.1, -0.05) is 29.8 Å². The number of amides is 1. The summed E-state index contributed by atoms with van der Waals surface area (Å²) in [4.78, 5) is 21.0. The minimum Gasteiger partial charge on any atom is -0.379 e. The van der Waals surface area contributed by atoms with Crippen molar-refractivity contribution in [3.8, 4) is 0 Å². The van der Waals surface area contributed by atoms with E-state index in [9.17, 15) is 4.79 Å². The molecule has 1 atom stereocenters. The smallest absolute Gasteiger partial charge is 0.222 e. The van der Waals surface area contributed by atoms with E-state index in [0.717, 1.165) is 81.9 Å². The summed E-state index contributed by atoms with van der Waals surface area (Å²) in [6.45, 7) is 9.17. The van der Waals surface area contributed by atoms with E-state index in [1.54, 1.807) is 0 Å². The van der Waals surface area contributed by atoms with Gasteiger partial charge in [-0.15, -0.1) is 0 Å². The zero-order chi connectivity index (χ0) is 21.2. The Balaban J connectivity index is 1.60. The fourth-order valence-electron chi connectivity index (χ4n) is 3.98. The number of guanidine groups is 1. The SMILES string of the molecule is CCNC(=NCC(c1ccccc1Cl)N1CCOCC1)NCCCN1CCCC1=O. The van der Waals surface area contributed by atoms with Crippen molar-refractivity contribution >= 4 is 23.5 Å². The Labute approximate surface area is 184 Å². The van der Waals surface area contributed by atoms with Gasteiger partial charge in [0.1, 0.15) is 0 Å². The highest BCUT2D eigenvalue weighted by Gasteiger charge is 2.24. The van der Waals surface area contributed by atoms with Crippen LogP contribution in [0.2, 0.25) is 5.02 Å². The average Bonchev–Trinajstić information content (AvgIpc) is 3.18. The van der Waals surface area contributed by atoms with Crippen LogP contribution in [0.25, 0.3) is 0 Å². The monoisotopic (exact) mass is 435 g/mol. The van der Waals surface area contributed by atoms with E-state index in [0.29, 0.717) is 13.0 Å². The lowest BCUT2D eigenvalue weighted by molar-refractivity contribution is -0.127. The van der Waals surface area contributed by atoms with E-state index in [4.69, 9.17) is 21.3 Å². The molecule has 2 N–H and O–H groups in total. The summed E-state index contributed by atoms with van der Waals surface area (Å²) in [5, 5.41) is 7.51. The van der Waals surface area contributed by atoms with Crippen LogP contribution in [0.15, 0.2) is 29.3 Å². The Morgan fingerprint density at radius 3 is 2.73 bits per heavy atom. The molecule has 0 saturated carbocycles. The maximum atomic E-state index is 11.7. The molecule has 0 spiro atoms. The molecule has 2 fully saturated rings. The molecule has 7 nitrogen and oxygen atoms in total. The lowest BCUT2D eigenvalue weighted by Gasteiger charge is -2.34. The number of ether oxygens (including phenoxy) is 1. The standard InChI is InChI=1S/C22H34ClN5O2/c1-2-24-22(25-10-6-12-28-11-5-9-21(28)29)26-17-20(27-13-15-30-16-14-27)18-7-3-4-8-19(18)23/h3-4,7-8,20H,2,5-6,9-17H2,1H3,(H2,24,25,26). The van der Waals surface area contributed by atoms with E-state index >= 15 is 0 Å². The summed E-state index contributed by atoms with van der Waals surface area (Å²) in [5.41, 5.74) is 1.10. The van der Waals surface area contributed by atoms with Crippen molar-refractivity contribution in [3.63, 3.8) is 0 Å².